The number of amides is 1. The third-order valence-corrected chi connectivity index (χ3v) is 4.33. The standard InChI is InChI=1S/C14H20N2OS.ClH/c1-11-5-3-4-6-13(11)18-10-14(17)16-8-7-15-12(2)9-16;/h3-6,12,15H,7-10H2,1-2H3;1H. The Labute approximate surface area is 125 Å². The Morgan fingerprint density at radius 2 is 2.21 bits per heavy atom. The maximum absolute atomic E-state index is 12.1. The summed E-state index contributed by atoms with van der Waals surface area (Å²) in [7, 11) is 0. The van der Waals surface area contributed by atoms with E-state index in [9.17, 15) is 4.79 Å². The molecule has 1 heterocycles. The molecule has 0 saturated carbocycles. The molecule has 0 spiro atoms. The van der Waals surface area contributed by atoms with E-state index < -0.39 is 0 Å². The van der Waals surface area contributed by atoms with Crippen LogP contribution in [0.15, 0.2) is 29.2 Å². The number of carbonyl (C=O) groups excluding carboxylic acids is 1. The summed E-state index contributed by atoms with van der Waals surface area (Å²) in [6.07, 6.45) is 0. The third kappa shape index (κ3) is 4.71. The molecule has 1 amide bonds. The van der Waals surface area contributed by atoms with Gasteiger partial charge in [0.25, 0.3) is 0 Å². The number of piperazine rings is 1. The van der Waals surface area contributed by atoms with Crippen LogP contribution in [-0.2, 0) is 4.79 Å². The Bertz CT molecular complexity index is 428. The van der Waals surface area contributed by atoms with E-state index in [4.69, 9.17) is 0 Å². The van der Waals surface area contributed by atoms with Gasteiger partial charge in [-0.25, -0.2) is 0 Å². The zero-order valence-electron chi connectivity index (χ0n) is 11.4. The fourth-order valence-corrected chi connectivity index (χ4v) is 3.04. The van der Waals surface area contributed by atoms with Crippen LogP contribution >= 0.6 is 24.2 Å². The van der Waals surface area contributed by atoms with E-state index in [0.29, 0.717) is 11.8 Å². The van der Waals surface area contributed by atoms with Crippen LogP contribution in [0.3, 0.4) is 0 Å². The molecule has 106 valence electrons. The van der Waals surface area contributed by atoms with Gasteiger partial charge in [-0.2, -0.15) is 0 Å². The lowest BCUT2D eigenvalue weighted by Gasteiger charge is -2.31. The molecule has 2 rings (SSSR count). The maximum atomic E-state index is 12.1. The second-order valence-electron chi connectivity index (χ2n) is 4.75. The molecule has 0 bridgehead atoms. The molecule has 3 nitrogen and oxygen atoms in total. The van der Waals surface area contributed by atoms with Crippen molar-refractivity contribution in [2.24, 2.45) is 0 Å². The average molecular weight is 301 g/mol. The zero-order valence-corrected chi connectivity index (χ0v) is 13.0. The summed E-state index contributed by atoms with van der Waals surface area (Å²) in [5.74, 6) is 0.786. The van der Waals surface area contributed by atoms with Gasteiger partial charge in [0.2, 0.25) is 5.91 Å². The second kappa shape index (κ2) is 7.78. The fraction of sp³-hybridized carbons (Fsp3) is 0.500. The van der Waals surface area contributed by atoms with Crippen LogP contribution in [0.2, 0.25) is 0 Å². The highest BCUT2D eigenvalue weighted by molar-refractivity contribution is 8.00. The minimum Gasteiger partial charge on any atom is -0.339 e. The van der Waals surface area contributed by atoms with Gasteiger partial charge >= 0.3 is 0 Å². The lowest BCUT2D eigenvalue weighted by molar-refractivity contribution is -0.129. The molecular weight excluding hydrogens is 280 g/mol. The molecule has 19 heavy (non-hydrogen) atoms. The molecule has 1 atom stereocenters. The van der Waals surface area contributed by atoms with Gasteiger partial charge < -0.3 is 10.2 Å². The summed E-state index contributed by atoms with van der Waals surface area (Å²) in [4.78, 5) is 15.3. The number of halogens is 1. The van der Waals surface area contributed by atoms with Crippen LogP contribution in [0.1, 0.15) is 12.5 Å². The summed E-state index contributed by atoms with van der Waals surface area (Å²) in [6.45, 7) is 6.76. The van der Waals surface area contributed by atoms with Crippen molar-refractivity contribution in [1.82, 2.24) is 10.2 Å². The topological polar surface area (TPSA) is 32.3 Å². The Morgan fingerprint density at radius 3 is 2.89 bits per heavy atom. The lowest BCUT2D eigenvalue weighted by atomic mass is 10.2. The van der Waals surface area contributed by atoms with Gasteiger partial charge in [-0.15, -0.1) is 24.2 Å². The first kappa shape index (κ1) is 16.3. The van der Waals surface area contributed by atoms with E-state index in [1.165, 1.54) is 10.5 Å². The van der Waals surface area contributed by atoms with Gasteiger partial charge in [-0.3, -0.25) is 4.79 Å². The van der Waals surface area contributed by atoms with Crippen molar-refractivity contribution in [3.8, 4) is 0 Å². The number of hydrogen-bond acceptors (Lipinski definition) is 3. The van der Waals surface area contributed by atoms with E-state index in [1.807, 2.05) is 17.0 Å². The summed E-state index contributed by atoms with van der Waals surface area (Å²) < 4.78 is 0. The first-order chi connectivity index (χ1) is 8.66. The molecular formula is C14H21ClN2OS. The Balaban J connectivity index is 0.00000180. The van der Waals surface area contributed by atoms with Gasteiger partial charge in [0.05, 0.1) is 5.75 Å². The quantitative estimate of drug-likeness (QED) is 0.870. The first-order valence-corrected chi connectivity index (χ1v) is 7.35. The monoisotopic (exact) mass is 300 g/mol. The normalized spacial score (nSPS) is 18.8. The van der Waals surface area contributed by atoms with Gasteiger partial charge in [-0.1, -0.05) is 18.2 Å². The number of aryl methyl sites for hydroxylation is 1. The molecule has 1 N–H and O–H groups in total. The van der Waals surface area contributed by atoms with Crippen LogP contribution in [0.25, 0.3) is 0 Å². The average Bonchev–Trinajstić information content (AvgIpc) is 2.37. The highest BCUT2D eigenvalue weighted by atomic mass is 35.5. The largest absolute Gasteiger partial charge is 0.339 e. The summed E-state index contributed by atoms with van der Waals surface area (Å²) in [5.41, 5.74) is 1.24. The summed E-state index contributed by atoms with van der Waals surface area (Å²) in [6, 6.07) is 8.62. The zero-order chi connectivity index (χ0) is 13.0. The van der Waals surface area contributed by atoms with E-state index >= 15 is 0 Å². The number of carbonyl (C=O) groups is 1. The number of benzene rings is 1. The summed E-state index contributed by atoms with van der Waals surface area (Å²) in [5, 5.41) is 3.35. The molecule has 1 unspecified atom stereocenters. The maximum Gasteiger partial charge on any atom is 0.233 e. The van der Waals surface area contributed by atoms with E-state index in [0.717, 1.165) is 19.6 Å². The minimum atomic E-state index is 0. The number of nitrogens with zero attached hydrogens (tertiary/aromatic N) is 1. The van der Waals surface area contributed by atoms with E-state index in [-0.39, 0.29) is 18.3 Å². The van der Waals surface area contributed by atoms with Gasteiger partial charge in [0.1, 0.15) is 0 Å². The van der Waals surface area contributed by atoms with E-state index in [2.05, 4.69) is 31.3 Å². The predicted molar refractivity (Wildman–Crippen MR) is 83.2 cm³/mol. The Kier molecular flexibility index (Phi) is 6.69. The SMILES string of the molecule is Cc1ccccc1SCC(=O)N1CCNC(C)C1.Cl. The van der Waals surface area contributed by atoms with Crippen LogP contribution < -0.4 is 5.32 Å². The van der Waals surface area contributed by atoms with Crippen molar-refractivity contribution in [3.63, 3.8) is 0 Å². The third-order valence-electron chi connectivity index (χ3n) is 3.17. The van der Waals surface area contributed by atoms with Gasteiger partial charge in [-0.05, 0) is 25.5 Å². The highest BCUT2D eigenvalue weighted by Crippen LogP contribution is 2.22. The van der Waals surface area contributed by atoms with Gasteiger partial charge in [0.15, 0.2) is 0 Å². The Morgan fingerprint density at radius 1 is 1.47 bits per heavy atom. The van der Waals surface area contributed by atoms with Crippen LogP contribution in [0.4, 0.5) is 0 Å². The fourth-order valence-electron chi connectivity index (χ4n) is 2.11. The van der Waals surface area contributed by atoms with Crippen LogP contribution in [0, 0.1) is 6.92 Å². The lowest BCUT2D eigenvalue weighted by Crippen LogP contribution is -2.51. The van der Waals surface area contributed by atoms with Crippen molar-refractivity contribution in [2.75, 3.05) is 25.4 Å². The number of rotatable bonds is 3. The second-order valence-corrected chi connectivity index (χ2v) is 5.77. The van der Waals surface area contributed by atoms with Crippen molar-refractivity contribution >= 4 is 30.1 Å². The minimum absolute atomic E-state index is 0. The number of thioether (sulfide) groups is 1. The van der Waals surface area contributed by atoms with Crippen molar-refractivity contribution < 1.29 is 4.79 Å². The van der Waals surface area contributed by atoms with Crippen molar-refractivity contribution in [3.05, 3.63) is 29.8 Å². The molecule has 1 fully saturated rings. The molecule has 1 saturated heterocycles. The van der Waals surface area contributed by atoms with Crippen molar-refractivity contribution in [2.45, 2.75) is 24.8 Å². The van der Waals surface area contributed by atoms with Crippen LogP contribution in [-0.4, -0.2) is 42.2 Å². The number of nitrogens with one attached hydrogen (secondary N) is 1. The predicted octanol–water partition coefficient (Wildman–Crippen LogP) is 2.33. The molecule has 0 aromatic heterocycles. The molecule has 0 radical (unpaired) electrons. The molecule has 0 aliphatic carbocycles. The Hall–Kier alpha value is -0.710. The molecule has 5 heteroatoms. The highest BCUT2D eigenvalue weighted by Gasteiger charge is 2.20. The molecule has 1 aliphatic heterocycles. The first-order valence-electron chi connectivity index (χ1n) is 6.36. The smallest absolute Gasteiger partial charge is 0.233 e. The molecule has 1 aromatic carbocycles. The molecule has 1 aliphatic rings. The van der Waals surface area contributed by atoms with Gasteiger partial charge in [0, 0.05) is 30.6 Å². The van der Waals surface area contributed by atoms with E-state index in [1.54, 1.807) is 11.8 Å². The van der Waals surface area contributed by atoms with Crippen molar-refractivity contribution in [1.29, 1.82) is 0 Å². The number of hydrogen-bond donors (Lipinski definition) is 1. The molecule has 1 aromatic rings. The van der Waals surface area contributed by atoms with Crippen LogP contribution in [0.5, 0.6) is 0 Å². The summed E-state index contributed by atoms with van der Waals surface area (Å²) >= 11 is 1.64.